The Morgan fingerprint density at radius 3 is 1.12 bits per heavy atom. The van der Waals surface area contributed by atoms with E-state index in [0.717, 1.165) is 77.0 Å². The normalized spacial score (nSPS) is 12.1. The number of hydrogen-bond acceptors (Lipinski definition) is 6. The Morgan fingerprint density at radius 1 is 0.400 bits per heavy atom. The van der Waals surface area contributed by atoms with Crippen LogP contribution in [0.2, 0.25) is 0 Å². The third kappa shape index (κ3) is 37.2. The average Bonchev–Trinajstić information content (AvgIpc) is 3.11. The molecule has 0 radical (unpaired) electrons. The van der Waals surface area contributed by atoms with E-state index in [4.69, 9.17) is 14.2 Å². The van der Waals surface area contributed by atoms with Gasteiger partial charge in [0.2, 0.25) is 0 Å². The van der Waals surface area contributed by atoms with Crippen molar-refractivity contribution in [3.8, 4) is 0 Å². The first kappa shape index (κ1) is 47.9. The fourth-order valence-corrected chi connectivity index (χ4v) is 5.94. The highest BCUT2D eigenvalue weighted by molar-refractivity contribution is 5.71. The van der Waals surface area contributed by atoms with Gasteiger partial charge in [-0.15, -0.1) is 0 Å². The molecule has 0 fully saturated rings. The summed E-state index contributed by atoms with van der Waals surface area (Å²) < 4.78 is 16.6. The summed E-state index contributed by atoms with van der Waals surface area (Å²) in [5.74, 6) is -0.895. The van der Waals surface area contributed by atoms with Crippen LogP contribution >= 0.6 is 0 Å². The van der Waals surface area contributed by atoms with Crippen molar-refractivity contribution >= 4 is 17.9 Å². The van der Waals surface area contributed by atoms with Crippen molar-refractivity contribution in [1.82, 2.24) is 0 Å². The van der Waals surface area contributed by atoms with E-state index in [9.17, 15) is 14.4 Å². The summed E-state index contributed by atoms with van der Waals surface area (Å²) in [6, 6.07) is 0. The Labute approximate surface area is 309 Å². The summed E-state index contributed by atoms with van der Waals surface area (Å²) in [6.07, 6.45) is 41.7. The van der Waals surface area contributed by atoms with Gasteiger partial charge < -0.3 is 14.2 Å². The van der Waals surface area contributed by atoms with Gasteiger partial charge in [0.15, 0.2) is 6.10 Å². The average molecular weight is 705 g/mol. The van der Waals surface area contributed by atoms with E-state index in [0.29, 0.717) is 19.3 Å². The Morgan fingerprint density at radius 2 is 0.720 bits per heavy atom. The molecule has 1 unspecified atom stereocenters. The molecule has 6 nitrogen and oxygen atoms in total. The van der Waals surface area contributed by atoms with Crippen molar-refractivity contribution in [3.63, 3.8) is 0 Å². The third-order valence-corrected chi connectivity index (χ3v) is 9.21. The molecule has 0 aliphatic heterocycles. The van der Waals surface area contributed by atoms with Gasteiger partial charge in [0, 0.05) is 19.3 Å². The monoisotopic (exact) mass is 705 g/mol. The molecule has 0 aliphatic carbocycles. The first-order valence-electron chi connectivity index (χ1n) is 21.3. The van der Waals surface area contributed by atoms with Crippen molar-refractivity contribution in [2.24, 2.45) is 0 Å². The van der Waals surface area contributed by atoms with Crippen LogP contribution in [0.4, 0.5) is 0 Å². The van der Waals surface area contributed by atoms with E-state index in [1.165, 1.54) is 103 Å². The van der Waals surface area contributed by atoms with Crippen LogP contribution < -0.4 is 0 Å². The highest BCUT2D eigenvalue weighted by Crippen LogP contribution is 2.13. The van der Waals surface area contributed by atoms with Crippen LogP contribution in [0.25, 0.3) is 0 Å². The molecule has 1 atom stereocenters. The lowest BCUT2D eigenvalue weighted by Gasteiger charge is -2.18. The predicted molar refractivity (Wildman–Crippen MR) is 210 cm³/mol. The van der Waals surface area contributed by atoms with Crippen LogP contribution in [-0.4, -0.2) is 37.2 Å². The molecule has 0 heterocycles. The van der Waals surface area contributed by atoms with Crippen LogP contribution in [0.5, 0.6) is 0 Å². The molecule has 0 aromatic heterocycles. The van der Waals surface area contributed by atoms with Gasteiger partial charge >= 0.3 is 17.9 Å². The van der Waals surface area contributed by atoms with E-state index in [1.807, 2.05) is 0 Å². The van der Waals surface area contributed by atoms with E-state index in [2.05, 4.69) is 45.1 Å². The molecule has 0 amide bonds. The maximum absolute atomic E-state index is 12.6. The molecular formula is C44H80O6. The van der Waals surface area contributed by atoms with Gasteiger partial charge in [0.1, 0.15) is 13.2 Å². The Balaban J connectivity index is 4.29. The smallest absolute Gasteiger partial charge is 0.306 e. The van der Waals surface area contributed by atoms with E-state index in [1.54, 1.807) is 0 Å². The SMILES string of the molecule is CCCCCC/C=C\C/C=C\CCCCCCCC(=O)OCC(COC(=O)CCCCCCCCCC)OC(=O)CCCCCCCCCC. The van der Waals surface area contributed by atoms with E-state index >= 15 is 0 Å². The fourth-order valence-electron chi connectivity index (χ4n) is 5.94. The number of ether oxygens (including phenoxy) is 3. The quantitative estimate of drug-likeness (QED) is 0.0275. The summed E-state index contributed by atoms with van der Waals surface area (Å²) in [5.41, 5.74) is 0. The van der Waals surface area contributed by atoms with Crippen molar-refractivity contribution in [1.29, 1.82) is 0 Å². The van der Waals surface area contributed by atoms with Gasteiger partial charge in [-0.05, 0) is 51.4 Å². The molecule has 0 aliphatic rings. The van der Waals surface area contributed by atoms with Gasteiger partial charge in [-0.3, -0.25) is 14.4 Å². The van der Waals surface area contributed by atoms with Crippen LogP contribution in [-0.2, 0) is 28.6 Å². The molecule has 0 bridgehead atoms. The number of allylic oxidation sites excluding steroid dienone is 4. The molecule has 0 spiro atoms. The third-order valence-electron chi connectivity index (χ3n) is 9.21. The van der Waals surface area contributed by atoms with E-state index in [-0.39, 0.29) is 31.1 Å². The van der Waals surface area contributed by atoms with E-state index < -0.39 is 6.10 Å². The molecule has 0 rings (SSSR count). The zero-order chi connectivity index (χ0) is 36.6. The second-order valence-corrected chi connectivity index (χ2v) is 14.3. The molecule has 6 heteroatoms. The lowest BCUT2D eigenvalue weighted by molar-refractivity contribution is -0.167. The van der Waals surface area contributed by atoms with Gasteiger partial charge in [0.25, 0.3) is 0 Å². The largest absolute Gasteiger partial charge is 0.462 e. The summed E-state index contributed by atoms with van der Waals surface area (Å²) in [5, 5.41) is 0. The number of carbonyl (C=O) groups is 3. The second kappa shape index (κ2) is 39.7. The summed E-state index contributed by atoms with van der Waals surface area (Å²) in [4.78, 5) is 37.4. The van der Waals surface area contributed by atoms with Gasteiger partial charge in [0.05, 0.1) is 0 Å². The summed E-state index contributed by atoms with van der Waals surface area (Å²) >= 11 is 0. The lowest BCUT2D eigenvalue weighted by atomic mass is 10.1. The number of unbranched alkanes of at least 4 members (excludes halogenated alkanes) is 23. The zero-order valence-electron chi connectivity index (χ0n) is 33.2. The fraction of sp³-hybridized carbons (Fsp3) is 0.841. The molecule has 0 N–H and O–H groups in total. The molecule has 50 heavy (non-hydrogen) atoms. The van der Waals surface area contributed by atoms with Gasteiger partial charge in [-0.2, -0.15) is 0 Å². The van der Waals surface area contributed by atoms with Crippen molar-refractivity contribution in [2.75, 3.05) is 13.2 Å². The molecule has 292 valence electrons. The summed E-state index contributed by atoms with van der Waals surface area (Å²) in [7, 11) is 0. The van der Waals surface area contributed by atoms with Gasteiger partial charge in [-0.1, -0.05) is 173 Å². The summed E-state index contributed by atoms with van der Waals surface area (Å²) in [6.45, 7) is 6.54. The highest BCUT2D eigenvalue weighted by Gasteiger charge is 2.19. The first-order chi connectivity index (χ1) is 24.5. The minimum absolute atomic E-state index is 0.0733. The minimum atomic E-state index is -0.766. The van der Waals surface area contributed by atoms with Gasteiger partial charge in [-0.25, -0.2) is 0 Å². The highest BCUT2D eigenvalue weighted by atomic mass is 16.6. The van der Waals surface area contributed by atoms with Crippen LogP contribution in [0, 0.1) is 0 Å². The van der Waals surface area contributed by atoms with Crippen molar-refractivity contribution < 1.29 is 28.6 Å². The Hall–Kier alpha value is -2.11. The molecule has 0 saturated carbocycles. The lowest BCUT2D eigenvalue weighted by Crippen LogP contribution is -2.30. The van der Waals surface area contributed by atoms with Crippen LogP contribution in [0.3, 0.4) is 0 Å². The second-order valence-electron chi connectivity index (χ2n) is 14.3. The molecule has 0 saturated heterocycles. The number of hydrogen-bond donors (Lipinski definition) is 0. The van der Waals surface area contributed by atoms with Crippen molar-refractivity contribution in [3.05, 3.63) is 24.3 Å². The van der Waals surface area contributed by atoms with Crippen LogP contribution in [0.15, 0.2) is 24.3 Å². The number of carbonyl (C=O) groups excluding carboxylic acids is 3. The molecule has 0 aromatic carbocycles. The Bertz CT molecular complexity index is 819. The predicted octanol–water partition coefficient (Wildman–Crippen LogP) is 13.2. The maximum Gasteiger partial charge on any atom is 0.306 e. The van der Waals surface area contributed by atoms with Crippen molar-refractivity contribution in [2.45, 2.75) is 226 Å². The number of rotatable bonds is 38. The zero-order valence-corrected chi connectivity index (χ0v) is 33.2. The Kier molecular flexibility index (Phi) is 38.0. The molecular weight excluding hydrogens is 624 g/mol. The molecule has 0 aromatic rings. The maximum atomic E-state index is 12.6. The minimum Gasteiger partial charge on any atom is -0.462 e. The number of esters is 3. The standard InChI is InChI=1S/C44H80O6/c1-4-7-10-13-16-19-20-21-22-23-24-25-26-29-31-34-37-43(46)49-40-41(50-44(47)38-35-32-28-18-15-12-9-6-3)39-48-42(45)36-33-30-27-17-14-11-8-5-2/h19-20,22-23,41H,4-18,21,24-40H2,1-3H3/b20-19-,23-22-. The van der Waals surface area contributed by atoms with Crippen LogP contribution in [0.1, 0.15) is 220 Å². The first-order valence-corrected chi connectivity index (χ1v) is 21.3. The topological polar surface area (TPSA) is 78.9 Å².